The van der Waals surface area contributed by atoms with E-state index in [1.54, 1.807) is 0 Å². The van der Waals surface area contributed by atoms with Gasteiger partial charge < -0.3 is 14.4 Å². The zero-order chi connectivity index (χ0) is 41.6. The van der Waals surface area contributed by atoms with E-state index in [0.717, 1.165) is 46.4 Å². The molecular formula is C53H48Br3N2O2+. The van der Waals surface area contributed by atoms with E-state index >= 15 is 0 Å². The summed E-state index contributed by atoms with van der Waals surface area (Å²) in [4.78, 5) is 2.47. The molecule has 0 radical (unpaired) electrons. The van der Waals surface area contributed by atoms with E-state index in [1.165, 1.54) is 71.1 Å². The van der Waals surface area contributed by atoms with Gasteiger partial charge in [0.2, 0.25) is 5.69 Å². The Bertz CT molecular complexity index is 2830. The van der Waals surface area contributed by atoms with Gasteiger partial charge >= 0.3 is 0 Å². The molecule has 60 heavy (non-hydrogen) atoms. The molecular weight excluding hydrogens is 936 g/mol. The number of para-hydroxylation sites is 2. The van der Waals surface area contributed by atoms with Crippen LogP contribution in [0, 0.1) is 0 Å². The Morgan fingerprint density at radius 1 is 0.617 bits per heavy atom. The van der Waals surface area contributed by atoms with Crippen molar-refractivity contribution < 1.29 is 14.0 Å². The molecule has 302 valence electrons. The summed E-state index contributed by atoms with van der Waals surface area (Å²) < 4.78 is 18.3. The van der Waals surface area contributed by atoms with Gasteiger partial charge in [0.1, 0.15) is 24.7 Å². The van der Waals surface area contributed by atoms with E-state index in [1.807, 2.05) is 48.5 Å². The Kier molecular flexibility index (Phi) is 11.3. The first-order valence-electron chi connectivity index (χ1n) is 20.7. The minimum absolute atomic E-state index is 0.199. The van der Waals surface area contributed by atoms with E-state index in [9.17, 15) is 0 Å². The molecule has 2 aliphatic heterocycles. The molecule has 3 aliphatic rings. The quantitative estimate of drug-likeness (QED) is 0.121. The highest BCUT2D eigenvalue weighted by atomic mass is 79.9. The molecule has 1 aliphatic carbocycles. The second-order valence-electron chi connectivity index (χ2n) is 16.8. The maximum absolute atomic E-state index is 6.34. The molecule has 0 saturated heterocycles. The normalized spacial score (nSPS) is 18.1. The Morgan fingerprint density at radius 3 is 1.83 bits per heavy atom. The zero-order valence-electron chi connectivity index (χ0n) is 34.4. The van der Waals surface area contributed by atoms with Gasteiger partial charge in [0.15, 0.2) is 12.3 Å². The Morgan fingerprint density at radius 2 is 1.18 bits per heavy atom. The molecule has 0 N–H and O–H groups in total. The number of hydrogen-bond donors (Lipinski definition) is 0. The lowest BCUT2D eigenvalue weighted by Gasteiger charge is -2.27. The van der Waals surface area contributed by atoms with Crippen LogP contribution < -0.4 is 14.4 Å². The molecule has 0 aromatic heterocycles. The molecule has 4 nitrogen and oxygen atoms in total. The van der Waals surface area contributed by atoms with Gasteiger partial charge in [-0.2, -0.15) is 4.58 Å². The first kappa shape index (κ1) is 40.7. The Labute approximate surface area is 379 Å². The predicted molar refractivity (Wildman–Crippen MR) is 261 cm³/mol. The first-order chi connectivity index (χ1) is 29.0. The molecule has 0 fully saturated rings. The van der Waals surface area contributed by atoms with E-state index < -0.39 is 0 Å². The summed E-state index contributed by atoms with van der Waals surface area (Å²) in [6, 6.07) is 42.9. The average molecular weight is 985 g/mol. The van der Waals surface area contributed by atoms with Gasteiger partial charge in [0.05, 0.1) is 20.9 Å². The first-order valence-corrected chi connectivity index (χ1v) is 23.1. The van der Waals surface area contributed by atoms with Gasteiger partial charge in [-0.05, 0) is 145 Å². The number of rotatable bonds is 11. The van der Waals surface area contributed by atoms with Crippen molar-refractivity contribution in [3.8, 4) is 11.5 Å². The predicted octanol–water partition coefficient (Wildman–Crippen LogP) is 14.7. The fraction of sp³-hybridized carbons (Fsp3) is 0.226. The van der Waals surface area contributed by atoms with Gasteiger partial charge in [-0.15, -0.1) is 0 Å². The maximum Gasteiger partial charge on any atom is 0.210 e. The van der Waals surface area contributed by atoms with Crippen molar-refractivity contribution in [1.29, 1.82) is 0 Å². The number of halogens is 3. The number of anilines is 1. The molecule has 6 aromatic rings. The standard InChI is InChI=1S/C53H48Br3N2O2/c1-52(2)41-31-37-13-5-7-15-39(37)33-45(41)57(27-29-59-47-19-11-9-17-43(47)54)49(52)25-23-35-21-22-36(51(35)56)24-26-50-53(3,4)42-32-38-14-6-8-16-40(38)34-46(42)58(50)28-30-60-48-20-12-10-18-44(48)55/h5-20,23-26,31-34H,21-22,27-30H2,1-4H3/q+1. The molecule has 9 rings (SSSR count). The molecule has 7 heteroatoms. The van der Waals surface area contributed by atoms with Crippen molar-refractivity contribution in [2.24, 2.45) is 0 Å². The van der Waals surface area contributed by atoms with Crippen molar-refractivity contribution in [2.45, 2.75) is 51.4 Å². The van der Waals surface area contributed by atoms with E-state index in [0.29, 0.717) is 13.2 Å². The number of ether oxygens (including phenoxy) is 2. The monoisotopic (exact) mass is 981 g/mol. The van der Waals surface area contributed by atoms with Gasteiger partial charge in [-0.3, -0.25) is 0 Å². The number of fused-ring (bicyclic) bond motifs is 4. The van der Waals surface area contributed by atoms with Crippen LogP contribution in [0.3, 0.4) is 0 Å². The van der Waals surface area contributed by atoms with Crippen LogP contribution in [0.25, 0.3) is 21.5 Å². The third-order valence-electron chi connectivity index (χ3n) is 12.4. The minimum atomic E-state index is -0.199. The fourth-order valence-corrected chi connectivity index (χ4v) is 10.6. The summed E-state index contributed by atoms with van der Waals surface area (Å²) in [5.74, 6) is 1.72. The summed E-state index contributed by atoms with van der Waals surface area (Å²) in [6.45, 7) is 12.0. The Hall–Kier alpha value is -4.69. The fourth-order valence-electron chi connectivity index (χ4n) is 9.18. The second kappa shape index (κ2) is 16.6. The van der Waals surface area contributed by atoms with Crippen molar-refractivity contribution in [3.05, 3.63) is 187 Å². The van der Waals surface area contributed by atoms with Crippen LogP contribution in [0.5, 0.6) is 11.5 Å². The van der Waals surface area contributed by atoms with Crippen LogP contribution in [0.4, 0.5) is 11.4 Å². The third-order valence-corrected chi connectivity index (χ3v) is 14.8. The third kappa shape index (κ3) is 7.63. The number of nitrogens with zero attached hydrogens (tertiary/aromatic N) is 2. The summed E-state index contributed by atoms with van der Waals surface area (Å²) in [5, 5.41) is 5.02. The summed E-state index contributed by atoms with van der Waals surface area (Å²) in [6.07, 6.45) is 11.3. The lowest BCUT2D eigenvalue weighted by molar-refractivity contribution is -0.439. The van der Waals surface area contributed by atoms with Crippen LogP contribution in [-0.4, -0.2) is 36.6 Å². The molecule has 2 heterocycles. The van der Waals surface area contributed by atoms with Crippen LogP contribution in [0.15, 0.2) is 176 Å². The van der Waals surface area contributed by atoms with Crippen molar-refractivity contribution in [1.82, 2.24) is 0 Å². The highest BCUT2D eigenvalue weighted by molar-refractivity contribution is 9.12. The van der Waals surface area contributed by atoms with Crippen molar-refractivity contribution in [2.75, 3.05) is 31.2 Å². The second-order valence-corrected chi connectivity index (χ2v) is 19.3. The Balaban J connectivity index is 1.03. The summed E-state index contributed by atoms with van der Waals surface area (Å²) in [5.41, 5.74) is 9.95. The van der Waals surface area contributed by atoms with E-state index in [-0.39, 0.29) is 10.8 Å². The van der Waals surface area contributed by atoms with Gasteiger partial charge in [0.25, 0.3) is 0 Å². The van der Waals surface area contributed by atoms with Gasteiger partial charge in [0, 0.05) is 39.0 Å². The number of allylic oxidation sites excluding steroid dienone is 8. The smallest absolute Gasteiger partial charge is 0.210 e. The van der Waals surface area contributed by atoms with Crippen molar-refractivity contribution >= 4 is 86.4 Å². The lowest BCUT2D eigenvalue weighted by atomic mass is 9.80. The maximum atomic E-state index is 6.34. The lowest BCUT2D eigenvalue weighted by Crippen LogP contribution is -2.29. The zero-order valence-corrected chi connectivity index (χ0v) is 39.2. The number of hydrogen-bond acceptors (Lipinski definition) is 3. The van der Waals surface area contributed by atoms with Gasteiger partial charge in [-0.1, -0.05) is 115 Å². The van der Waals surface area contributed by atoms with Gasteiger partial charge in [-0.25, -0.2) is 0 Å². The largest absolute Gasteiger partial charge is 0.491 e. The molecule has 0 saturated carbocycles. The van der Waals surface area contributed by atoms with Crippen LogP contribution in [-0.2, 0) is 10.8 Å². The molecule has 0 bridgehead atoms. The topological polar surface area (TPSA) is 24.7 Å². The molecule has 0 amide bonds. The summed E-state index contributed by atoms with van der Waals surface area (Å²) in [7, 11) is 0. The SMILES string of the molecule is CC1(C)C(/C=C/C2=C(Br)C(=C/C=C3/N(CCOc4ccccc4Br)c4cc5ccccc5cc4C3(C)C)/CC2)=[N+](CCOc2ccccc2Br)c2cc3ccccc3cc21. The highest BCUT2D eigenvalue weighted by Crippen LogP contribution is 2.50. The summed E-state index contributed by atoms with van der Waals surface area (Å²) >= 11 is 11.4. The number of benzene rings is 6. The van der Waals surface area contributed by atoms with Crippen LogP contribution >= 0.6 is 47.8 Å². The van der Waals surface area contributed by atoms with E-state index in [2.05, 4.69) is 182 Å². The van der Waals surface area contributed by atoms with Crippen molar-refractivity contribution in [3.63, 3.8) is 0 Å². The minimum Gasteiger partial charge on any atom is -0.491 e. The highest BCUT2D eigenvalue weighted by Gasteiger charge is 2.45. The van der Waals surface area contributed by atoms with E-state index in [4.69, 9.17) is 9.47 Å². The van der Waals surface area contributed by atoms with Crippen LogP contribution in [0.1, 0.15) is 51.7 Å². The molecule has 6 aromatic carbocycles. The molecule has 0 atom stereocenters. The molecule has 0 unspecified atom stereocenters. The average Bonchev–Trinajstić information content (AvgIpc) is 3.77. The molecule has 0 spiro atoms. The van der Waals surface area contributed by atoms with Crippen LogP contribution in [0.2, 0.25) is 0 Å².